The van der Waals surface area contributed by atoms with E-state index < -0.39 is 5.82 Å². The molecule has 112 valence electrons. The van der Waals surface area contributed by atoms with Crippen molar-refractivity contribution in [2.45, 2.75) is 26.7 Å². The molecule has 2 aromatic rings. The van der Waals surface area contributed by atoms with Crippen molar-refractivity contribution in [1.29, 1.82) is 0 Å². The number of hydrogen-bond donors (Lipinski definition) is 1. The van der Waals surface area contributed by atoms with Crippen LogP contribution in [0, 0.1) is 5.82 Å². The summed E-state index contributed by atoms with van der Waals surface area (Å²) in [5, 5.41) is 3.51. The molecule has 0 bridgehead atoms. The number of hydrogen-bond acceptors (Lipinski definition) is 3. The Balaban J connectivity index is 2.62. The van der Waals surface area contributed by atoms with Crippen LogP contribution in [0.3, 0.4) is 0 Å². The van der Waals surface area contributed by atoms with Crippen LogP contribution in [-0.2, 0) is 0 Å². The maximum Gasteiger partial charge on any atom is 0.162 e. The summed E-state index contributed by atoms with van der Waals surface area (Å²) in [5.41, 5.74) is 1.44. The van der Waals surface area contributed by atoms with Gasteiger partial charge in [-0.25, -0.2) is 14.4 Å². The van der Waals surface area contributed by atoms with Crippen molar-refractivity contribution < 1.29 is 4.39 Å². The zero-order chi connectivity index (χ0) is 15.6. The van der Waals surface area contributed by atoms with Crippen LogP contribution in [0.25, 0.3) is 11.4 Å². The highest BCUT2D eigenvalue weighted by molar-refractivity contribution is 9.10. The van der Waals surface area contributed by atoms with Gasteiger partial charge >= 0.3 is 0 Å². The average Bonchev–Trinajstić information content (AvgIpc) is 2.39. The molecule has 0 unspecified atom stereocenters. The van der Waals surface area contributed by atoms with E-state index >= 15 is 0 Å². The molecular weight excluding hydrogens is 357 g/mol. The number of aromatic nitrogens is 2. The molecule has 0 atom stereocenters. The number of halogens is 3. The number of benzene rings is 1. The Morgan fingerprint density at radius 3 is 2.57 bits per heavy atom. The first-order valence-corrected chi connectivity index (χ1v) is 7.87. The van der Waals surface area contributed by atoms with Gasteiger partial charge in [-0.2, -0.15) is 0 Å². The van der Waals surface area contributed by atoms with Gasteiger partial charge in [0.2, 0.25) is 0 Å². The molecule has 0 saturated carbocycles. The van der Waals surface area contributed by atoms with E-state index in [4.69, 9.17) is 11.6 Å². The fourth-order valence-corrected chi connectivity index (χ4v) is 2.94. The smallest absolute Gasteiger partial charge is 0.162 e. The first-order valence-electron chi connectivity index (χ1n) is 6.70. The van der Waals surface area contributed by atoms with Crippen LogP contribution in [-0.4, -0.2) is 16.5 Å². The number of rotatable bonds is 4. The van der Waals surface area contributed by atoms with Crippen molar-refractivity contribution in [1.82, 2.24) is 9.97 Å². The average molecular weight is 373 g/mol. The molecule has 1 N–H and O–H groups in total. The Kier molecular flexibility index (Phi) is 5.17. The Morgan fingerprint density at radius 2 is 2.00 bits per heavy atom. The molecule has 0 fully saturated rings. The molecule has 1 heterocycles. The summed E-state index contributed by atoms with van der Waals surface area (Å²) in [6, 6.07) is 4.31. The van der Waals surface area contributed by atoms with Gasteiger partial charge in [0, 0.05) is 17.1 Å². The van der Waals surface area contributed by atoms with Crippen molar-refractivity contribution >= 4 is 33.3 Å². The molecule has 6 heteroatoms. The molecule has 1 aromatic heterocycles. The zero-order valence-corrected chi connectivity index (χ0v) is 14.4. The Hall–Kier alpha value is -1.20. The lowest BCUT2D eigenvalue weighted by atomic mass is 10.1. The number of nitrogens with one attached hydrogen (secondary N) is 1. The molecule has 0 spiro atoms. The predicted molar refractivity (Wildman–Crippen MR) is 88.4 cm³/mol. The van der Waals surface area contributed by atoms with Crippen LogP contribution in [0.1, 0.15) is 32.4 Å². The molecule has 0 amide bonds. The van der Waals surface area contributed by atoms with Gasteiger partial charge in [0.1, 0.15) is 11.6 Å². The molecule has 1 aromatic carbocycles. The minimum atomic E-state index is -0.403. The molecule has 0 aliphatic heterocycles. The van der Waals surface area contributed by atoms with E-state index in [1.54, 1.807) is 6.07 Å². The summed E-state index contributed by atoms with van der Waals surface area (Å²) in [5.74, 6) is 0.966. The van der Waals surface area contributed by atoms with Gasteiger partial charge in [-0.05, 0) is 47.0 Å². The highest BCUT2D eigenvalue weighted by Crippen LogP contribution is 2.32. The summed E-state index contributed by atoms with van der Waals surface area (Å²) in [4.78, 5) is 9.01. The van der Waals surface area contributed by atoms with E-state index in [1.165, 1.54) is 12.1 Å². The minimum Gasteiger partial charge on any atom is -0.369 e. The van der Waals surface area contributed by atoms with Gasteiger partial charge in [-0.3, -0.25) is 0 Å². The lowest BCUT2D eigenvalue weighted by Gasteiger charge is -2.14. The third kappa shape index (κ3) is 3.71. The van der Waals surface area contributed by atoms with Crippen LogP contribution < -0.4 is 5.32 Å². The molecule has 3 nitrogen and oxygen atoms in total. The number of anilines is 1. The van der Waals surface area contributed by atoms with E-state index in [0.29, 0.717) is 22.2 Å². The number of nitrogens with zero attached hydrogens (tertiary/aromatic N) is 2. The van der Waals surface area contributed by atoms with E-state index in [9.17, 15) is 4.39 Å². The minimum absolute atomic E-state index is 0.211. The second kappa shape index (κ2) is 6.71. The fraction of sp³-hybridized carbons (Fsp3) is 0.333. The maximum absolute atomic E-state index is 13.5. The summed E-state index contributed by atoms with van der Waals surface area (Å²) >= 11 is 9.44. The van der Waals surface area contributed by atoms with E-state index in [0.717, 1.165) is 16.7 Å². The molecule has 2 rings (SSSR count). The first kappa shape index (κ1) is 16.2. The van der Waals surface area contributed by atoms with E-state index in [2.05, 4.69) is 31.2 Å². The monoisotopic (exact) mass is 371 g/mol. The summed E-state index contributed by atoms with van der Waals surface area (Å²) in [6.45, 7) is 6.81. The van der Waals surface area contributed by atoms with Crippen molar-refractivity contribution in [3.05, 3.63) is 39.2 Å². The maximum atomic E-state index is 13.5. The van der Waals surface area contributed by atoms with Gasteiger partial charge in [-0.1, -0.05) is 25.4 Å². The largest absolute Gasteiger partial charge is 0.369 e. The summed E-state index contributed by atoms with van der Waals surface area (Å²) < 4.78 is 14.4. The summed E-state index contributed by atoms with van der Waals surface area (Å²) in [7, 11) is 0. The standard InChI is InChI=1S/C15H16BrClFN3/c1-4-19-15-12(16)13(8(2)3)20-14(21-15)9-5-10(17)7-11(18)6-9/h5-8H,4H2,1-3H3,(H,19,20,21). The van der Waals surface area contributed by atoms with Crippen molar-refractivity contribution in [3.63, 3.8) is 0 Å². The van der Waals surface area contributed by atoms with Crippen LogP contribution in [0.5, 0.6) is 0 Å². The zero-order valence-electron chi connectivity index (χ0n) is 12.0. The third-order valence-electron chi connectivity index (χ3n) is 2.89. The Labute approximate surface area is 137 Å². The second-order valence-electron chi connectivity index (χ2n) is 4.94. The topological polar surface area (TPSA) is 37.8 Å². The van der Waals surface area contributed by atoms with Crippen LogP contribution >= 0.6 is 27.5 Å². The van der Waals surface area contributed by atoms with Crippen LogP contribution in [0.4, 0.5) is 10.2 Å². The van der Waals surface area contributed by atoms with Crippen LogP contribution in [0.2, 0.25) is 5.02 Å². The third-order valence-corrected chi connectivity index (χ3v) is 3.89. The van der Waals surface area contributed by atoms with Crippen molar-refractivity contribution in [3.8, 4) is 11.4 Å². The normalized spacial score (nSPS) is 11.0. The highest BCUT2D eigenvalue weighted by atomic mass is 79.9. The van der Waals surface area contributed by atoms with Crippen LogP contribution in [0.15, 0.2) is 22.7 Å². The molecular formula is C15H16BrClFN3. The molecule has 0 aliphatic carbocycles. The van der Waals surface area contributed by atoms with Crippen molar-refractivity contribution in [2.24, 2.45) is 0 Å². The second-order valence-corrected chi connectivity index (χ2v) is 6.17. The molecule has 0 radical (unpaired) electrons. The molecule has 21 heavy (non-hydrogen) atoms. The SMILES string of the molecule is CCNc1nc(-c2cc(F)cc(Cl)c2)nc(C(C)C)c1Br. The van der Waals surface area contributed by atoms with Gasteiger partial charge in [0.15, 0.2) is 5.82 Å². The van der Waals surface area contributed by atoms with Gasteiger partial charge < -0.3 is 5.32 Å². The quantitative estimate of drug-likeness (QED) is 0.796. The first-order chi connectivity index (χ1) is 9.92. The molecule has 0 aliphatic rings. The van der Waals surface area contributed by atoms with Gasteiger partial charge in [-0.15, -0.1) is 0 Å². The Bertz CT molecular complexity index is 641. The van der Waals surface area contributed by atoms with Gasteiger partial charge in [0.05, 0.1) is 10.2 Å². The highest BCUT2D eigenvalue weighted by Gasteiger charge is 2.16. The fourth-order valence-electron chi connectivity index (χ4n) is 1.94. The lowest BCUT2D eigenvalue weighted by Crippen LogP contribution is -2.07. The van der Waals surface area contributed by atoms with Gasteiger partial charge in [0.25, 0.3) is 0 Å². The lowest BCUT2D eigenvalue weighted by molar-refractivity contribution is 0.628. The summed E-state index contributed by atoms with van der Waals surface area (Å²) in [6.07, 6.45) is 0. The van der Waals surface area contributed by atoms with E-state index in [1.807, 2.05) is 20.8 Å². The van der Waals surface area contributed by atoms with E-state index in [-0.39, 0.29) is 5.92 Å². The predicted octanol–water partition coefficient (Wildman–Crippen LogP) is 5.25. The molecule has 0 saturated heterocycles. The Morgan fingerprint density at radius 1 is 1.29 bits per heavy atom. The van der Waals surface area contributed by atoms with Crippen molar-refractivity contribution in [2.75, 3.05) is 11.9 Å².